The van der Waals surface area contributed by atoms with Crippen LogP contribution in [0.15, 0.2) is 24.7 Å². The monoisotopic (exact) mass is 563 g/mol. The lowest BCUT2D eigenvalue weighted by Gasteiger charge is -2.37. The van der Waals surface area contributed by atoms with Gasteiger partial charge in [0.15, 0.2) is 17.5 Å². The van der Waals surface area contributed by atoms with Gasteiger partial charge in [-0.15, -0.1) is 0 Å². The molecule has 0 aromatic rings. The van der Waals surface area contributed by atoms with Gasteiger partial charge in [-0.2, -0.15) is 0 Å². The molecule has 0 radical (unpaired) electrons. The van der Waals surface area contributed by atoms with E-state index in [1.807, 2.05) is 48.5 Å². The second-order valence-corrected chi connectivity index (χ2v) is 12.2. The van der Waals surface area contributed by atoms with Gasteiger partial charge in [0.05, 0.1) is 25.9 Å². The van der Waals surface area contributed by atoms with Crippen LogP contribution in [0.4, 0.5) is 4.39 Å². The molecule has 2 aliphatic heterocycles. The number of ether oxygens (including phenoxy) is 2. The molecule has 12 heteroatoms. The van der Waals surface area contributed by atoms with Crippen LogP contribution < -0.4 is 5.32 Å². The molecule has 2 heterocycles. The number of halogens is 1. The Morgan fingerprint density at radius 2 is 1.92 bits per heavy atom. The molecule has 0 aromatic heterocycles. The topological polar surface area (TPSA) is 89.6 Å². The van der Waals surface area contributed by atoms with Crippen molar-refractivity contribution in [1.29, 1.82) is 0 Å². The molecule has 2 unspecified atom stereocenters. The summed E-state index contributed by atoms with van der Waals surface area (Å²) in [6, 6.07) is 0.198. The van der Waals surface area contributed by atoms with Crippen molar-refractivity contribution in [2.45, 2.75) is 91.6 Å². The average molecular weight is 564 g/mol. The summed E-state index contributed by atoms with van der Waals surface area (Å²) in [5.74, 6) is 0.528. The zero-order valence-electron chi connectivity index (χ0n) is 23.0. The number of thioether (sulfide) groups is 1. The zero-order chi connectivity index (χ0) is 27.7. The van der Waals surface area contributed by atoms with Crippen LogP contribution in [-0.2, 0) is 28.1 Å². The van der Waals surface area contributed by atoms with Crippen molar-refractivity contribution in [1.82, 2.24) is 14.9 Å². The van der Waals surface area contributed by atoms with Gasteiger partial charge < -0.3 is 28.7 Å². The lowest BCUT2D eigenvalue weighted by atomic mass is 10.1. The van der Waals surface area contributed by atoms with Crippen LogP contribution in [-0.4, -0.2) is 82.9 Å². The van der Waals surface area contributed by atoms with E-state index in [-0.39, 0.29) is 41.5 Å². The highest BCUT2D eigenvalue weighted by molar-refractivity contribution is 8.13. The Balaban J connectivity index is 2.03. The van der Waals surface area contributed by atoms with Gasteiger partial charge >= 0.3 is 0 Å². The van der Waals surface area contributed by atoms with Crippen LogP contribution in [0.2, 0.25) is 0 Å². The summed E-state index contributed by atoms with van der Waals surface area (Å²) in [6.07, 6.45) is -0.502. The Labute approximate surface area is 226 Å². The van der Waals surface area contributed by atoms with Gasteiger partial charge in [-0.05, 0) is 34.1 Å². The number of carbonyl (C=O) groups excluding carboxylic acids is 2. The molecular weight excluding hydrogens is 520 g/mol. The molecule has 9 nitrogen and oxygen atoms in total. The number of carbonyl (C=O) groups is 2. The van der Waals surface area contributed by atoms with Crippen LogP contribution >= 0.6 is 20.3 Å². The first kappa shape index (κ1) is 32.1. The van der Waals surface area contributed by atoms with Gasteiger partial charge in [0, 0.05) is 36.0 Å². The van der Waals surface area contributed by atoms with Gasteiger partial charge in [0.2, 0.25) is 0 Å². The van der Waals surface area contributed by atoms with E-state index in [0.29, 0.717) is 25.4 Å². The molecular formula is C25H43FN3O6PS. The fourth-order valence-corrected chi connectivity index (χ4v) is 6.45. The second-order valence-electron chi connectivity index (χ2n) is 9.72. The second kappa shape index (κ2) is 15.5. The summed E-state index contributed by atoms with van der Waals surface area (Å²) in [5.41, 5.74) is 0. The summed E-state index contributed by atoms with van der Waals surface area (Å²) < 4.78 is 42.1. The lowest BCUT2D eigenvalue weighted by Crippen LogP contribution is -2.45. The fraction of sp³-hybridized carbons (Fsp3) is 0.760. The summed E-state index contributed by atoms with van der Waals surface area (Å²) in [5, 5.41) is 2.73. The number of nitrogens with zero attached hydrogens (tertiary/aromatic N) is 2. The molecule has 1 fully saturated rings. The summed E-state index contributed by atoms with van der Waals surface area (Å²) in [4.78, 5) is 24.8. The standard InChI is InChI=1S/C25H43FN3O6PS/c1-9-20-23(22(26)24(34-20)28-11-10-21(30)27-19(28)8)35-36(29(17(4)5)18(6)7)33-13-12-32-14-15-37-25(31)16(2)3/h10-11,16-18,20,22-24H,8-9,12-15H2,1-7H3,(H,27,30)/t20-,22+,23?,24-,36?/m1/s1. The Bertz CT molecular complexity index is 794. The number of alkyl halides is 1. The Morgan fingerprint density at radius 3 is 2.49 bits per heavy atom. The van der Waals surface area contributed by atoms with Gasteiger partial charge in [0.25, 0.3) is 14.4 Å². The van der Waals surface area contributed by atoms with Gasteiger partial charge in [-0.3, -0.25) is 9.59 Å². The van der Waals surface area contributed by atoms with E-state index in [0.717, 1.165) is 0 Å². The third-order valence-electron chi connectivity index (χ3n) is 5.74. The van der Waals surface area contributed by atoms with Gasteiger partial charge in [0.1, 0.15) is 11.9 Å². The van der Waals surface area contributed by atoms with Crippen molar-refractivity contribution in [3.05, 3.63) is 24.7 Å². The van der Waals surface area contributed by atoms with Crippen molar-refractivity contribution in [3.63, 3.8) is 0 Å². The zero-order valence-corrected chi connectivity index (χ0v) is 24.7. The number of amides is 1. The summed E-state index contributed by atoms with van der Waals surface area (Å²) in [6.45, 7) is 18.7. The van der Waals surface area contributed by atoms with E-state index in [4.69, 9.17) is 18.5 Å². The molecule has 37 heavy (non-hydrogen) atoms. The lowest BCUT2D eigenvalue weighted by molar-refractivity contribution is -0.118. The van der Waals surface area contributed by atoms with Crippen molar-refractivity contribution >= 4 is 31.3 Å². The fourth-order valence-electron chi connectivity index (χ4n) is 3.97. The molecule has 1 N–H and O–H groups in total. The average Bonchev–Trinajstić information content (AvgIpc) is 3.12. The van der Waals surface area contributed by atoms with E-state index < -0.39 is 33.1 Å². The van der Waals surface area contributed by atoms with E-state index in [9.17, 15) is 9.59 Å². The van der Waals surface area contributed by atoms with Crippen LogP contribution in [0, 0.1) is 5.92 Å². The molecule has 0 bridgehead atoms. The van der Waals surface area contributed by atoms with Crippen molar-refractivity contribution < 1.29 is 32.5 Å². The molecule has 1 amide bonds. The SMILES string of the molecule is C=C1NC(=O)C=CN1[C@@H]1O[C@H](CC)C(OP(OCCOCCSC(=O)C(C)C)N(C(C)C)C(C)C)[C@@H]1F. The molecule has 1 saturated heterocycles. The molecule has 5 atom stereocenters. The number of hydrogen-bond donors (Lipinski definition) is 1. The highest BCUT2D eigenvalue weighted by Crippen LogP contribution is 2.50. The van der Waals surface area contributed by atoms with E-state index in [2.05, 4.69) is 16.6 Å². The van der Waals surface area contributed by atoms with Crippen molar-refractivity contribution in [2.75, 3.05) is 25.6 Å². The minimum Gasteiger partial charge on any atom is -0.378 e. The number of nitrogens with one attached hydrogen (secondary N) is 1. The maximum atomic E-state index is 15.8. The minimum absolute atomic E-state index is 0.000269. The molecule has 2 aliphatic rings. The van der Waals surface area contributed by atoms with E-state index in [1.165, 1.54) is 28.9 Å². The van der Waals surface area contributed by atoms with Crippen LogP contribution in [0.3, 0.4) is 0 Å². The first-order chi connectivity index (χ1) is 17.5. The third-order valence-corrected chi connectivity index (χ3v) is 9.00. The van der Waals surface area contributed by atoms with Crippen molar-refractivity contribution in [3.8, 4) is 0 Å². The molecule has 212 valence electrons. The Kier molecular flexibility index (Phi) is 13.5. The van der Waals surface area contributed by atoms with Gasteiger partial charge in [-0.25, -0.2) is 9.06 Å². The first-order valence-electron chi connectivity index (χ1n) is 12.9. The molecule has 0 spiro atoms. The minimum atomic E-state index is -1.63. The molecule has 0 saturated carbocycles. The highest BCUT2D eigenvalue weighted by atomic mass is 32.2. The molecule has 0 aliphatic carbocycles. The normalized spacial score (nSPS) is 25.1. The summed E-state index contributed by atoms with van der Waals surface area (Å²) >= 11 is 1.27. The predicted octanol–water partition coefficient (Wildman–Crippen LogP) is 4.56. The summed E-state index contributed by atoms with van der Waals surface area (Å²) in [7, 11) is -1.63. The maximum absolute atomic E-state index is 15.8. The van der Waals surface area contributed by atoms with Crippen LogP contribution in [0.5, 0.6) is 0 Å². The maximum Gasteiger partial charge on any atom is 0.259 e. The van der Waals surface area contributed by atoms with E-state index >= 15 is 4.39 Å². The predicted molar refractivity (Wildman–Crippen MR) is 145 cm³/mol. The van der Waals surface area contributed by atoms with E-state index in [1.54, 1.807) is 0 Å². The number of rotatable bonds is 15. The Hall–Kier alpha value is -1.07. The largest absolute Gasteiger partial charge is 0.378 e. The Morgan fingerprint density at radius 1 is 1.24 bits per heavy atom. The highest BCUT2D eigenvalue weighted by Gasteiger charge is 2.50. The quantitative estimate of drug-likeness (QED) is 0.228. The smallest absolute Gasteiger partial charge is 0.259 e. The van der Waals surface area contributed by atoms with Crippen molar-refractivity contribution in [2.24, 2.45) is 5.92 Å². The van der Waals surface area contributed by atoms with Gasteiger partial charge in [-0.1, -0.05) is 39.1 Å². The number of hydrogen-bond acceptors (Lipinski definition) is 9. The van der Waals surface area contributed by atoms with Crippen LogP contribution in [0.1, 0.15) is 54.9 Å². The van der Waals surface area contributed by atoms with Crippen LogP contribution in [0.25, 0.3) is 0 Å². The first-order valence-corrected chi connectivity index (χ1v) is 15.0. The molecule has 2 rings (SSSR count). The molecule has 0 aromatic carbocycles. The third kappa shape index (κ3) is 9.27.